The first-order valence-electron chi connectivity index (χ1n) is 12.1. The number of ether oxygens (including phenoxy) is 1. The number of piperidine rings is 1. The van der Waals surface area contributed by atoms with Crippen molar-refractivity contribution in [2.45, 2.75) is 32.7 Å². The molecule has 4 heterocycles. The molecule has 176 valence electrons. The third kappa shape index (κ3) is 4.49. The van der Waals surface area contributed by atoms with Gasteiger partial charge in [-0.2, -0.15) is 0 Å². The number of aromatic nitrogens is 2. The van der Waals surface area contributed by atoms with Gasteiger partial charge in [0.1, 0.15) is 5.82 Å². The Labute approximate surface area is 195 Å². The van der Waals surface area contributed by atoms with Crippen LogP contribution in [0.4, 0.5) is 4.79 Å². The molecule has 3 fully saturated rings. The Morgan fingerprint density at radius 2 is 1.79 bits per heavy atom. The van der Waals surface area contributed by atoms with Crippen molar-refractivity contribution in [3.63, 3.8) is 0 Å². The summed E-state index contributed by atoms with van der Waals surface area (Å²) in [5, 5.41) is 0. The first-order chi connectivity index (χ1) is 16.1. The number of likely N-dealkylation sites (tertiary alicyclic amines) is 1. The minimum atomic E-state index is -0.269. The Bertz CT molecular complexity index is 975. The summed E-state index contributed by atoms with van der Waals surface area (Å²) in [6.07, 6.45) is 6.80. The molecule has 33 heavy (non-hydrogen) atoms. The van der Waals surface area contributed by atoms with Crippen molar-refractivity contribution in [1.82, 2.24) is 24.3 Å². The number of piperazine rings is 1. The molecule has 2 aromatic heterocycles. The van der Waals surface area contributed by atoms with Crippen molar-refractivity contribution in [3.05, 3.63) is 48.4 Å². The molecule has 1 saturated carbocycles. The van der Waals surface area contributed by atoms with Crippen LogP contribution in [0.2, 0.25) is 0 Å². The lowest BCUT2D eigenvalue weighted by atomic mass is 9.90. The van der Waals surface area contributed by atoms with Gasteiger partial charge in [0.05, 0.1) is 6.61 Å². The molecular weight excluding hydrogens is 418 g/mol. The number of rotatable bonds is 5. The summed E-state index contributed by atoms with van der Waals surface area (Å²) in [6, 6.07) is 10.2. The minimum Gasteiger partial charge on any atom is -0.450 e. The van der Waals surface area contributed by atoms with Gasteiger partial charge in [0.2, 0.25) is 5.91 Å². The quantitative estimate of drug-likeness (QED) is 0.699. The van der Waals surface area contributed by atoms with Gasteiger partial charge in [-0.1, -0.05) is 6.07 Å². The van der Waals surface area contributed by atoms with E-state index in [1.807, 2.05) is 36.2 Å². The van der Waals surface area contributed by atoms with Crippen LogP contribution >= 0.6 is 0 Å². The number of hydrogen-bond acceptors (Lipinski definition) is 5. The molecular formula is C25H33N5O3. The first kappa shape index (κ1) is 21.9. The van der Waals surface area contributed by atoms with E-state index in [1.165, 1.54) is 5.69 Å². The lowest BCUT2D eigenvalue weighted by molar-refractivity contribution is -0.135. The number of hydrogen-bond donors (Lipinski definition) is 0. The fourth-order valence-corrected chi connectivity index (χ4v) is 5.44. The van der Waals surface area contributed by atoms with Crippen LogP contribution in [0.25, 0.3) is 5.82 Å². The zero-order chi connectivity index (χ0) is 22.8. The topological polar surface area (TPSA) is 70.9 Å². The van der Waals surface area contributed by atoms with Gasteiger partial charge in [-0.05, 0) is 69.0 Å². The molecule has 0 radical (unpaired) electrons. The Kier molecular flexibility index (Phi) is 6.10. The molecule has 2 amide bonds. The summed E-state index contributed by atoms with van der Waals surface area (Å²) in [5.74, 6) is 1.39. The maximum atomic E-state index is 13.1. The van der Waals surface area contributed by atoms with Crippen molar-refractivity contribution in [2.75, 3.05) is 45.9 Å². The zero-order valence-electron chi connectivity index (χ0n) is 19.4. The Hall–Kier alpha value is -2.87. The van der Waals surface area contributed by atoms with E-state index < -0.39 is 0 Å². The normalized spacial score (nSPS) is 22.4. The molecule has 8 nitrogen and oxygen atoms in total. The van der Waals surface area contributed by atoms with E-state index in [1.54, 1.807) is 4.90 Å². The van der Waals surface area contributed by atoms with Gasteiger partial charge in [0.25, 0.3) is 0 Å². The van der Waals surface area contributed by atoms with Crippen molar-refractivity contribution < 1.29 is 14.3 Å². The fourth-order valence-electron chi connectivity index (χ4n) is 5.44. The molecule has 8 heteroatoms. The third-order valence-electron chi connectivity index (χ3n) is 7.57. The highest BCUT2D eigenvalue weighted by atomic mass is 16.6. The third-order valence-corrected chi connectivity index (χ3v) is 7.57. The van der Waals surface area contributed by atoms with Gasteiger partial charge in [-0.3, -0.25) is 9.69 Å². The average molecular weight is 452 g/mol. The van der Waals surface area contributed by atoms with E-state index in [0.717, 1.165) is 44.7 Å². The SMILES string of the molecule is CCOC(=O)N1CCN(C(=O)[C@H]2CC23CCN(Cc2cccn2-c2ccccn2)CC3)CC1. The molecule has 5 rings (SSSR count). The van der Waals surface area contributed by atoms with Crippen LogP contribution in [0.1, 0.15) is 31.9 Å². The van der Waals surface area contributed by atoms with Crippen molar-refractivity contribution >= 4 is 12.0 Å². The lowest BCUT2D eigenvalue weighted by Gasteiger charge is -2.36. The van der Waals surface area contributed by atoms with Crippen molar-refractivity contribution in [1.29, 1.82) is 0 Å². The van der Waals surface area contributed by atoms with Gasteiger partial charge in [0, 0.05) is 56.7 Å². The molecule has 2 aromatic rings. The van der Waals surface area contributed by atoms with Gasteiger partial charge < -0.3 is 19.1 Å². The molecule has 1 atom stereocenters. The second-order valence-corrected chi connectivity index (χ2v) is 9.46. The molecule has 1 aliphatic carbocycles. The predicted octanol–water partition coefficient (Wildman–Crippen LogP) is 2.78. The zero-order valence-corrected chi connectivity index (χ0v) is 19.4. The Morgan fingerprint density at radius 1 is 1.03 bits per heavy atom. The smallest absolute Gasteiger partial charge is 0.409 e. The highest BCUT2D eigenvalue weighted by Gasteiger charge is 2.59. The molecule has 0 bridgehead atoms. The predicted molar refractivity (Wildman–Crippen MR) is 124 cm³/mol. The van der Waals surface area contributed by atoms with Crippen molar-refractivity contribution in [3.8, 4) is 5.82 Å². The van der Waals surface area contributed by atoms with E-state index in [4.69, 9.17) is 4.74 Å². The van der Waals surface area contributed by atoms with E-state index in [0.29, 0.717) is 32.8 Å². The van der Waals surface area contributed by atoms with Crippen LogP contribution < -0.4 is 0 Å². The van der Waals surface area contributed by atoms with Crippen LogP contribution in [0.3, 0.4) is 0 Å². The molecule has 3 aliphatic rings. The molecule has 2 aliphatic heterocycles. The largest absolute Gasteiger partial charge is 0.450 e. The summed E-state index contributed by atoms with van der Waals surface area (Å²) in [7, 11) is 0. The Morgan fingerprint density at radius 3 is 2.48 bits per heavy atom. The summed E-state index contributed by atoms with van der Waals surface area (Å²) < 4.78 is 7.24. The van der Waals surface area contributed by atoms with Crippen LogP contribution in [0, 0.1) is 11.3 Å². The summed E-state index contributed by atoms with van der Waals surface area (Å²) in [5.41, 5.74) is 1.43. The van der Waals surface area contributed by atoms with Crippen LogP contribution in [0.5, 0.6) is 0 Å². The second-order valence-electron chi connectivity index (χ2n) is 9.46. The number of amides is 2. The summed E-state index contributed by atoms with van der Waals surface area (Å²) in [6.45, 7) is 7.49. The van der Waals surface area contributed by atoms with Gasteiger partial charge in [0.15, 0.2) is 0 Å². The van der Waals surface area contributed by atoms with Gasteiger partial charge in [-0.25, -0.2) is 9.78 Å². The number of carbonyl (C=O) groups is 2. The maximum absolute atomic E-state index is 13.1. The highest BCUT2D eigenvalue weighted by molar-refractivity contribution is 5.83. The monoisotopic (exact) mass is 451 g/mol. The van der Waals surface area contributed by atoms with Gasteiger partial charge in [-0.15, -0.1) is 0 Å². The number of carbonyl (C=O) groups excluding carboxylic acids is 2. The molecule has 2 saturated heterocycles. The van der Waals surface area contributed by atoms with E-state index in [2.05, 4.69) is 32.8 Å². The molecule has 0 unspecified atom stereocenters. The molecule has 1 spiro atoms. The van der Waals surface area contributed by atoms with E-state index >= 15 is 0 Å². The van der Waals surface area contributed by atoms with Crippen LogP contribution in [-0.2, 0) is 16.1 Å². The summed E-state index contributed by atoms with van der Waals surface area (Å²) in [4.78, 5) is 35.7. The van der Waals surface area contributed by atoms with Crippen molar-refractivity contribution in [2.24, 2.45) is 11.3 Å². The molecule has 0 N–H and O–H groups in total. The fraction of sp³-hybridized carbons (Fsp3) is 0.560. The lowest BCUT2D eigenvalue weighted by Crippen LogP contribution is -2.51. The van der Waals surface area contributed by atoms with Crippen LogP contribution in [-0.4, -0.2) is 82.1 Å². The van der Waals surface area contributed by atoms with E-state index in [-0.39, 0.29) is 23.3 Å². The molecule has 0 aromatic carbocycles. The summed E-state index contributed by atoms with van der Waals surface area (Å²) >= 11 is 0. The van der Waals surface area contributed by atoms with Gasteiger partial charge >= 0.3 is 6.09 Å². The van der Waals surface area contributed by atoms with E-state index in [9.17, 15) is 9.59 Å². The highest BCUT2D eigenvalue weighted by Crippen LogP contribution is 2.60. The minimum absolute atomic E-state index is 0.158. The Balaban J connectivity index is 1.11. The number of pyridine rings is 1. The maximum Gasteiger partial charge on any atom is 0.409 e. The second kappa shape index (κ2) is 9.17. The van der Waals surface area contributed by atoms with Crippen LogP contribution in [0.15, 0.2) is 42.7 Å². The number of nitrogens with zero attached hydrogens (tertiary/aromatic N) is 5. The first-order valence-corrected chi connectivity index (χ1v) is 12.1. The standard InChI is InChI=1S/C25H33N5O3/c1-2-33-24(32)29-16-14-28(15-17-29)23(31)21-18-25(21)8-12-27(13-9-25)19-20-6-5-11-30(20)22-7-3-4-10-26-22/h3-7,10-11,21H,2,8-9,12-19H2,1H3/t21-/m1/s1. The average Bonchev–Trinajstić information content (AvgIpc) is 3.35.